The Morgan fingerprint density at radius 2 is 1.89 bits per heavy atom. The molecule has 18 heavy (non-hydrogen) atoms. The molecule has 1 aliphatic rings. The first kappa shape index (κ1) is 12.8. The molecule has 1 aromatic carbocycles. The van der Waals surface area contributed by atoms with Crippen molar-refractivity contribution in [2.75, 3.05) is 6.61 Å². The van der Waals surface area contributed by atoms with Crippen LogP contribution in [-0.4, -0.2) is 24.1 Å². The molecule has 1 aliphatic heterocycles. The van der Waals surface area contributed by atoms with E-state index < -0.39 is 23.6 Å². The summed E-state index contributed by atoms with van der Waals surface area (Å²) in [4.78, 5) is 35.1. The van der Waals surface area contributed by atoms with Crippen molar-refractivity contribution in [3.63, 3.8) is 0 Å². The Bertz CT molecular complexity index is 506. The van der Waals surface area contributed by atoms with E-state index in [1.54, 1.807) is 12.1 Å². The summed E-state index contributed by atoms with van der Waals surface area (Å²) in [7, 11) is 0. The van der Waals surface area contributed by atoms with Crippen LogP contribution in [-0.2, 0) is 14.3 Å². The summed E-state index contributed by atoms with van der Waals surface area (Å²) < 4.78 is 4.80. The monoisotopic (exact) mass is 266 g/mol. The van der Waals surface area contributed by atoms with E-state index in [1.807, 2.05) is 0 Å². The van der Waals surface area contributed by atoms with Gasteiger partial charge in [-0.25, -0.2) is 0 Å². The highest BCUT2D eigenvalue weighted by Crippen LogP contribution is 2.27. The number of esters is 1. The molecule has 2 atom stereocenters. The zero-order valence-electron chi connectivity index (χ0n) is 9.68. The molecule has 94 valence electrons. The van der Waals surface area contributed by atoms with Crippen molar-refractivity contribution in [2.45, 2.75) is 6.92 Å². The lowest BCUT2D eigenvalue weighted by Crippen LogP contribution is -2.29. The summed E-state index contributed by atoms with van der Waals surface area (Å²) in [5.74, 6) is -2.94. The molecule has 1 saturated heterocycles. The molecule has 2 unspecified atom stereocenters. The zero-order chi connectivity index (χ0) is 13.3. The largest absolute Gasteiger partial charge is 0.464 e. The molecule has 0 amide bonds. The zero-order valence-corrected chi connectivity index (χ0v) is 10.4. The van der Waals surface area contributed by atoms with Crippen molar-refractivity contribution in [2.24, 2.45) is 11.8 Å². The molecule has 1 fully saturated rings. The van der Waals surface area contributed by atoms with Gasteiger partial charge in [-0.2, -0.15) is 0 Å². The van der Waals surface area contributed by atoms with Crippen molar-refractivity contribution in [3.05, 3.63) is 34.9 Å². The van der Waals surface area contributed by atoms with Crippen molar-refractivity contribution in [1.82, 2.24) is 0 Å². The number of cyclic esters (lactones) is 1. The average molecular weight is 267 g/mol. The van der Waals surface area contributed by atoms with Gasteiger partial charge in [0.1, 0.15) is 18.3 Å². The number of ether oxygens (including phenoxy) is 1. The first-order valence-electron chi connectivity index (χ1n) is 5.47. The molecular formula is C13H11ClO4. The average Bonchev–Trinajstić information content (AvgIpc) is 2.71. The van der Waals surface area contributed by atoms with Gasteiger partial charge in [0.2, 0.25) is 0 Å². The summed E-state index contributed by atoms with van der Waals surface area (Å²) in [6.07, 6.45) is 0. The van der Waals surface area contributed by atoms with Crippen molar-refractivity contribution >= 4 is 29.1 Å². The van der Waals surface area contributed by atoms with E-state index >= 15 is 0 Å². The maximum atomic E-state index is 12.2. The number of carbonyl (C=O) groups is 3. The molecule has 0 aromatic heterocycles. The Morgan fingerprint density at radius 3 is 2.44 bits per heavy atom. The molecule has 2 rings (SSSR count). The molecule has 0 N–H and O–H groups in total. The van der Waals surface area contributed by atoms with E-state index in [1.165, 1.54) is 19.1 Å². The number of halogens is 1. The van der Waals surface area contributed by atoms with E-state index in [-0.39, 0.29) is 12.4 Å². The van der Waals surface area contributed by atoms with Crippen molar-refractivity contribution < 1.29 is 19.1 Å². The SMILES string of the molecule is CC(=O)C1COC(=O)C1C(=O)c1ccc(Cl)cc1. The summed E-state index contributed by atoms with van der Waals surface area (Å²) in [5.41, 5.74) is 0.356. The number of ketones is 2. The van der Waals surface area contributed by atoms with Gasteiger partial charge >= 0.3 is 5.97 Å². The van der Waals surface area contributed by atoms with E-state index in [9.17, 15) is 14.4 Å². The molecule has 0 aliphatic carbocycles. The van der Waals surface area contributed by atoms with E-state index in [0.717, 1.165) is 0 Å². The second kappa shape index (κ2) is 4.90. The summed E-state index contributed by atoms with van der Waals surface area (Å²) in [6.45, 7) is 1.34. The van der Waals surface area contributed by atoms with Gasteiger partial charge < -0.3 is 4.74 Å². The third-order valence-corrected chi connectivity index (χ3v) is 3.25. The van der Waals surface area contributed by atoms with Gasteiger partial charge in [-0.15, -0.1) is 0 Å². The Balaban J connectivity index is 2.29. The Hall–Kier alpha value is -1.68. The number of carbonyl (C=O) groups excluding carboxylic acids is 3. The summed E-state index contributed by atoms with van der Waals surface area (Å²) in [5, 5.41) is 0.503. The molecule has 4 nitrogen and oxygen atoms in total. The van der Waals surface area contributed by atoms with Crippen LogP contribution in [0.2, 0.25) is 5.02 Å². The minimum atomic E-state index is -1.02. The fourth-order valence-electron chi connectivity index (χ4n) is 1.96. The highest BCUT2D eigenvalue weighted by Gasteiger charge is 2.44. The normalized spacial score (nSPS) is 22.7. The number of rotatable bonds is 3. The molecule has 0 bridgehead atoms. The number of hydrogen-bond acceptors (Lipinski definition) is 4. The van der Waals surface area contributed by atoms with Crippen molar-refractivity contribution in [1.29, 1.82) is 0 Å². The minimum absolute atomic E-state index is 0.0157. The van der Waals surface area contributed by atoms with Crippen molar-refractivity contribution in [3.8, 4) is 0 Å². The number of benzene rings is 1. The molecular weight excluding hydrogens is 256 g/mol. The van der Waals surface area contributed by atoms with E-state index in [2.05, 4.69) is 0 Å². The maximum Gasteiger partial charge on any atom is 0.317 e. The van der Waals surface area contributed by atoms with Gasteiger partial charge in [-0.1, -0.05) is 11.6 Å². The summed E-state index contributed by atoms with van der Waals surface area (Å²) >= 11 is 5.73. The Labute approximate surface area is 109 Å². The third kappa shape index (κ3) is 2.29. The van der Waals surface area contributed by atoms with Crippen LogP contribution >= 0.6 is 11.6 Å². The fraction of sp³-hybridized carbons (Fsp3) is 0.308. The smallest absolute Gasteiger partial charge is 0.317 e. The second-order valence-corrected chi connectivity index (χ2v) is 4.63. The molecule has 5 heteroatoms. The number of hydrogen-bond donors (Lipinski definition) is 0. The second-order valence-electron chi connectivity index (χ2n) is 4.20. The number of Topliss-reactive ketones (excluding diaryl/α,β-unsaturated/α-hetero) is 2. The van der Waals surface area contributed by atoms with Gasteiger partial charge in [0.15, 0.2) is 5.78 Å². The predicted molar refractivity (Wildman–Crippen MR) is 64.4 cm³/mol. The lowest BCUT2D eigenvalue weighted by atomic mass is 9.86. The first-order valence-corrected chi connectivity index (χ1v) is 5.85. The van der Waals surface area contributed by atoms with Crippen LogP contribution in [0, 0.1) is 11.8 Å². The third-order valence-electron chi connectivity index (χ3n) is 2.99. The van der Waals surface area contributed by atoms with Gasteiger partial charge in [0.25, 0.3) is 0 Å². The molecule has 0 radical (unpaired) electrons. The highest BCUT2D eigenvalue weighted by molar-refractivity contribution is 6.30. The highest BCUT2D eigenvalue weighted by atomic mass is 35.5. The predicted octanol–water partition coefficient (Wildman–Crippen LogP) is 1.90. The lowest BCUT2D eigenvalue weighted by molar-refractivity contribution is -0.140. The van der Waals surface area contributed by atoms with Gasteiger partial charge in [0.05, 0.1) is 5.92 Å². The van der Waals surface area contributed by atoms with Gasteiger partial charge in [-0.3, -0.25) is 14.4 Å². The summed E-state index contributed by atoms with van der Waals surface area (Å²) in [6, 6.07) is 6.20. The Kier molecular flexibility index (Phi) is 3.48. The van der Waals surface area contributed by atoms with Crippen LogP contribution in [0.15, 0.2) is 24.3 Å². The van der Waals surface area contributed by atoms with Gasteiger partial charge in [-0.05, 0) is 31.2 Å². The van der Waals surface area contributed by atoms with Crippen LogP contribution in [0.3, 0.4) is 0 Å². The topological polar surface area (TPSA) is 60.4 Å². The molecule has 1 heterocycles. The van der Waals surface area contributed by atoms with Crippen LogP contribution in [0.5, 0.6) is 0 Å². The molecule has 0 spiro atoms. The quantitative estimate of drug-likeness (QED) is 0.476. The lowest BCUT2D eigenvalue weighted by Gasteiger charge is -2.11. The van der Waals surface area contributed by atoms with Crippen LogP contribution in [0.4, 0.5) is 0 Å². The Morgan fingerprint density at radius 1 is 1.28 bits per heavy atom. The van der Waals surface area contributed by atoms with Gasteiger partial charge in [0, 0.05) is 10.6 Å². The van der Waals surface area contributed by atoms with E-state index in [4.69, 9.17) is 16.3 Å². The van der Waals surface area contributed by atoms with Crippen LogP contribution < -0.4 is 0 Å². The maximum absolute atomic E-state index is 12.2. The molecule has 1 aromatic rings. The van der Waals surface area contributed by atoms with Crippen LogP contribution in [0.1, 0.15) is 17.3 Å². The molecule has 0 saturated carbocycles. The minimum Gasteiger partial charge on any atom is -0.464 e. The van der Waals surface area contributed by atoms with E-state index in [0.29, 0.717) is 10.6 Å². The standard InChI is InChI=1S/C13H11ClO4/c1-7(15)10-6-18-13(17)11(10)12(16)8-2-4-9(14)5-3-8/h2-5,10-11H,6H2,1H3. The van der Waals surface area contributed by atoms with Crippen LogP contribution in [0.25, 0.3) is 0 Å². The first-order chi connectivity index (χ1) is 8.50. The fourth-order valence-corrected chi connectivity index (χ4v) is 2.08.